The highest BCUT2D eigenvalue weighted by atomic mass is 19.1. The minimum absolute atomic E-state index is 0.113. The number of carbonyl (C=O) groups is 2. The molecule has 0 radical (unpaired) electrons. The molecule has 0 aromatic heterocycles. The molecule has 32 heavy (non-hydrogen) atoms. The van der Waals surface area contributed by atoms with Gasteiger partial charge >= 0.3 is 12.0 Å². The van der Waals surface area contributed by atoms with E-state index in [4.69, 9.17) is 9.47 Å². The maximum Gasteiger partial charge on any atom is 0.338 e. The van der Waals surface area contributed by atoms with Crippen LogP contribution in [0.15, 0.2) is 78.9 Å². The molecule has 166 valence electrons. The van der Waals surface area contributed by atoms with E-state index in [1.165, 1.54) is 12.1 Å². The van der Waals surface area contributed by atoms with Crippen molar-refractivity contribution in [1.29, 1.82) is 0 Å². The monoisotopic (exact) mass is 436 g/mol. The lowest BCUT2D eigenvalue weighted by molar-refractivity contribution is 0.0526. The van der Waals surface area contributed by atoms with E-state index in [-0.39, 0.29) is 17.8 Å². The first-order chi connectivity index (χ1) is 15.6. The number of halogens is 1. The van der Waals surface area contributed by atoms with Gasteiger partial charge in [0.2, 0.25) is 0 Å². The first-order valence-electron chi connectivity index (χ1n) is 10.3. The van der Waals surface area contributed by atoms with Crippen LogP contribution in [-0.2, 0) is 4.74 Å². The van der Waals surface area contributed by atoms with Crippen molar-refractivity contribution in [3.63, 3.8) is 0 Å². The van der Waals surface area contributed by atoms with Crippen molar-refractivity contribution >= 4 is 17.7 Å². The summed E-state index contributed by atoms with van der Waals surface area (Å²) in [5, 5.41) is 5.22. The van der Waals surface area contributed by atoms with Crippen LogP contribution in [0.5, 0.6) is 5.75 Å². The third kappa shape index (κ3) is 6.57. The average molecular weight is 436 g/mol. The number of amides is 2. The molecule has 0 spiro atoms. The summed E-state index contributed by atoms with van der Waals surface area (Å²) in [4.78, 5) is 23.9. The minimum Gasteiger partial charge on any atom is -0.486 e. The first kappa shape index (κ1) is 22.8. The fourth-order valence-electron chi connectivity index (χ4n) is 3.06. The van der Waals surface area contributed by atoms with Crippen LogP contribution in [-0.4, -0.2) is 25.2 Å². The lowest BCUT2D eigenvalue weighted by atomic mass is 10.1. The van der Waals surface area contributed by atoms with Crippen molar-refractivity contribution in [3.8, 4) is 5.75 Å². The van der Waals surface area contributed by atoms with Crippen LogP contribution in [0.3, 0.4) is 0 Å². The van der Waals surface area contributed by atoms with Gasteiger partial charge in [-0.25, -0.2) is 14.0 Å². The maximum absolute atomic E-state index is 13.7. The summed E-state index contributed by atoms with van der Waals surface area (Å²) < 4.78 is 24.8. The van der Waals surface area contributed by atoms with Crippen LogP contribution >= 0.6 is 0 Å². The standard InChI is InChI=1S/C25H25FN2O4/c1-2-31-24(29)19-12-14-20(15-13-19)32-23(18-8-4-3-5-9-18)16-17-27-25(30)28-22-11-7-6-10-21(22)26/h3-15,23H,2,16-17H2,1H3,(H2,27,28,30). The van der Waals surface area contributed by atoms with Gasteiger partial charge in [0.05, 0.1) is 17.9 Å². The van der Waals surface area contributed by atoms with Crippen LogP contribution in [0.2, 0.25) is 0 Å². The van der Waals surface area contributed by atoms with E-state index in [0.717, 1.165) is 5.56 Å². The van der Waals surface area contributed by atoms with E-state index in [2.05, 4.69) is 10.6 Å². The Morgan fingerprint density at radius 3 is 2.31 bits per heavy atom. The van der Waals surface area contributed by atoms with E-state index in [1.54, 1.807) is 43.3 Å². The Morgan fingerprint density at radius 1 is 0.938 bits per heavy atom. The number of nitrogens with one attached hydrogen (secondary N) is 2. The fourth-order valence-corrected chi connectivity index (χ4v) is 3.06. The molecule has 0 aliphatic rings. The van der Waals surface area contributed by atoms with Crippen molar-refractivity contribution < 1.29 is 23.5 Å². The Morgan fingerprint density at radius 2 is 1.62 bits per heavy atom. The van der Waals surface area contributed by atoms with Gasteiger partial charge in [-0.2, -0.15) is 0 Å². The molecule has 0 bridgehead atoms. The van der Waals surface area contributed by atoms with Crippen LogP contribution in [0.25, 0.3) is 0 Å². The predicted octanol–water partition coefficient (Wildman–Crippen LogP) is 5.33. The second kappa shape index (κ2) is 11.5. The molecule has 0 aliphatic heterocycles. The van der Waals surface area contributed by atoms with Crippen molar-refractivity contribution in [2.24, 2.45) is 0 Å². The summed E-state index contributed by atoms with van der Waals surface area (Å²) >= 11 is 0. The fraction of sp³-hybridized carbons (Fsp3) is 0.200. The van der Waals surface area contributed by atoms with Gasteiger partial charge in [-0.15, -0.1) is 0 Å². The van der Waals surface area contributed by atoms with Crippen LogP contribution < -0.4 is 15.4 Å². The number of carbonyl (C=O) groups excluding carboxylic acids is 2. The molecule has 0 saturated carbocycles. The van der Waals surface area contributed by atoms with Gasteiger partial charge in [0, 0.05) is 13.0 Å². The van der Waals surface area contributed by atoms with E-state index in [9.17, 15) is 14.0 Å². The van der Waals surface area contributed by atoms with Gasteiger partial charge in [0.15, 0.2) is 0 Å². The molecular weight excluding hydrogens is 411 g/mol. The van der Waals surface area contributed by atoms with Crippen LogP contribution in [0, 0.1) is 5.82 Å². The number of rotatable bonds is 9. The normalized spacial score (nSPS) is 11.3. The van der Waals surface area contributed by atoms with Gasteiger partial charge in [-0.05, 0) is 48.9 Å². The first-order valence-corrected chi connectivity index (χ1v) is 10.3. The van der Waals surface area contributed by atoms with E-state index < -0.39 is 11.8 Å². The third-order valence-electron chi connectivity index (χ3n) is 4.63. The van der Waals surface area contributed by atoms with Crippen LogP contribution in [0.1, 0.15) is 35.4 Å². The SMILES string of the molecule is CCOC(=O)c1ccc(OC(CCNC(=O)Nc2ccccc2F)c2ccccc2)cc1. The number of hydrogen-bond acceptors (Lipinski definition) is 4. The summed E-state index contributed by atoms with van der Waals surface area (Å²) in [5.41, 5.74) is 1.50. The second-order valence-corrected chi connectivity index (χ2v) is 6.91. The second-order valence-electron chi connectivity index (χ2n) is 6.91. The van der Waals surface area contributed by atoms with Crippen LogP contribution in [0.4, 0.5) is 14.9 Å². The smallest absolute Gasteiger partial charge is 0.338 e. The van der Waals surface area contributed by atoms with E-state index in [0.29, 0.717) is 30.9 Å². The average Bonchev–Trinajstić information content (AvgIpc) is 2.81. The molecule has 0 heterocycles. The Balaban J connectivity index is 1.61. The molecule has 1 atom stereocenters. The molecule has 7 heteroatoms. The zero-order valence-electron chi connectivity index (χ0n) is 17.7. The lowest BCUT2D eigenvalue weighted by Gasteiger charge is -2.20. The number of urea groups is 1. The predicted molar refractivity (Wildman–Crippen MR) is 120 cm³/mol. The van der Waals surface area contributed by atoms with Crippen molar-refractivity contribution in [1.82, 2.24) is 5.32 Å². The Bertz CT molecular complexity index is 1030. The molecule has 0 aliphatic carbocycles. The molecule has 6 nitrogen and oxygen atoms in total. The molecule has 3 rings (SSSR count). The van der Waals surface area contributed by atoms with Gasteiger partial charge in [0.25, 0.3) is 0 Å². The van der Waals surface area contributed by atoms with Crippen molar-refractivity contribution in [2.45, 2.75) is 19.4 Å². The zero-order valence-corrected chi connectivity index (χ0v) is 17.7. The molecule has 1 unspecified atom stereocenters. The summed E-state index contributed by atoms with van der Waals surface area (Å²) in [6, 6.07) is 21.8. The number of esters is 1. The van der Waals surface area contributed by atoms with Crippen molar-refractivity contribution in [2.75, 3.05) is 18.5 Å². The molecule has 2 N–H and O–H groups in total. The third-order valence-corrected chi connectivity index (χ3v) is 4.63. The molecule has 0 saturated heterocycles. The van der Waals surface area contributed by atoms with E-state index >= 15 is 0 Å². The number of ether oxygens (including phenoxy) is 2. The largest absolute Gasteiger partial charge is 0.486 e. The maximum atomic E-state index is 13.7. The summed E-state index contributed by atoms with van der Waals surface area (Å²) in [6.45, 7) is 2.37. The van der Waals surface area contributed by atoms with Gasteiger partial charge in [-0.3, -0.25) is 0 Å². The number of para-hydroxylation sites is 1. The molecule has 0 fully saturated rings. The molecule has 3 aromatic rings. The van der Waals surface area contributed by atoms with E-state index in [1.807, 2.05) is 30.3 Å². The van der Waals surface area contributed by atoms with Crippen molar-refractivity contribution in [3.05, 3.63) is 95.8 Å². The number of benzene rings is 3. The van der Waals surface area contributed by atoms with Gasteiger partial charge < -0.3 is 20.1 Å². The highest BCUT2D eigenvalue weighted by Crippen LogP contribution is 2.25. The Hall–Kier alpha value is -3.87. The highest BCUT2D eigenvalue weighted by molar-refractivity contribution is 5.89. The quantitative estimate of drug-likeness (QED) is 0.444. The number of anilines is 1. The minimum atomic E-state index is -0.501. The Kier molecular flexibility index (Phi) is 8.20. The summed E-state index contributed by atoms with van der Waals surface area (Å²) in [7, 11) is 0. The topological polar surface area (TPSA) is 76.7 Å². The van der Waals surface area contributed by atoms with Gasteiger partial charge in [0.1, 0.15) is 17.7 Å². The summed E-state index contributed by atoms with van der Waals surface area (Å²) in [5.74, 6) is -0.300. The number of hydrogen-bond donors (Lipinski definition) is 2. The zero-order chi connectivity index (χ0) is 22.8. The Labute approximate surface area is 186 Å². The molecular formula is C25H25FN2O4. The molecule has 3 aromatic carbocycles. The highest BCUT2D eigenvalue weighted by Gasteiger charge is 2.15. The summed E-state index contributed by atoms with van der Waals surface area (Å²) in [6.07, 6.45) is 0.146. The molecule has 2 amide bonds. The van der Waals surface area contributed by atoms with Gasteiger partial charge in [-0.1, -0.05) is 42.5 Å². The lowest BCUT2D eigenvalue weighted by Crippen LogP contribution is -2.31.